The fraction of sp³-hybridized carbons (Fsp3) is 0.500. The van der Waals surface area contributed by atoms with E-state index in [9.17, 15) is 15.0 Å². The lowest BCUT2D eigenvalue weighted by atomic mass is 9.98. The van der Waals surface area contributed by atoms with Gasteiger partial charge in [-0.2, -0.15) is 0 Å². The van der Waals surface area contributed by atoms with E-state index in [2.05, 4.69) is 0 Å². The predicted octanol–water partition coefficient (Wildman–Crippen LogP) is 1.98. The molecule has 0 aliphatic rings. The quantitative estimate of drug-likeness (QED) is 0.786. The fourth-order valence-corrected chi connectivity index (χ4v) is 1.59. The summed E-state index contributed by atoms with van der Waals surface area (Å²) >= 11 is 0. The zero-order chi connectivity index (χ0) is 13.7. The molecular formula is C14H20O4. The van der Waals surface area contributed by atoms with Gasteiger partial charge in [-0.15, -0.1) is 0 Å². The number of carbonyl (C=O) groups is 1. The molecule has 0 saturated heterocycles. The van der Waals surface area contributed by atoms with Crippen molar-refractivity contribution in [3.8, 4) is 5.75 Å². The molecule has 0 bridgehead atoms. The topological polar surface area (TPSA) is 66.8 Å². The largest absolute Gasteiger partial charge is 0.508 e. The molecule has 0 aromatic heterocycles. The van der Waals surface area contributed by atoms with Crippen LogP contribution < -0.4 is 0 Å². The summed E-state index contributed by atoms with van der Waals surface area (Å²) in [4.78, 5) is 11.4. The molecule has 0 aliphatic carbocycles. The Balaban J connectivity index is 2.74. The molecule has 1 aromatic rings. The second-order valence-corrected chi connectivity index (χ2v) is 4.73. The molecule has 1 unspecified atom stereocenters. The summed E-state index contributed by atoms with van der Waals surface area (Å²) in [6.45, 7) is 5.27. The molecule has 0 saturated carbocycles. The Kier molecular flexibility index (Phi) is 5.16. The number of aromatic hydroxyl groups is 1. The van der Waals surface area contributed by atoms with Crippen LogP contribution >= 0.6 is 0 Å². The van der Waals surface area contributed by atoms with Crippen molar-refractivity contribution in [2.45, 2.75) is 26.7 Å². The zero-order valence-electron chi connectivity index (χ0n) is 11.0. The van der Waals surface area contributed by atoms with Crippen LogP contribution in [-0.4, -0.2) is 29.4 Å². The smallest absolute Gasteiger partial charge is 0.308 e. The van der Waals surface area contributed by atoms with Gasteiger partial charge < -0.3 is 14.9 Å². The Morgan fingerprint density at radius 2 is 2.06 bits per heavy atom. The molecule has 2 N–H and O–H groups in total. The van der Waals surface area contributed by atoms with Crippen molar-refractivity contribution >= 4 is 5.97 Å². The number of carbonyl (C=O) groups excluding carboxylic acids is 1. The molecule has 1 rings (SSSR count). The summed E-state index contributed by atoms with van der Waals surface area (Å²) < 4.78 is 5.09. The van der Waals surface area contributed by atoms with Crippen LogP contribution in [0, 0.1) is 12.8 Å². The Morgan fingerprint density at radius 3 is 2.56 bits per heavy atom. The molecule has 0 spiro atoms. The maximum absolute atomic E-state index is 11.4. The van der Waals surface area contributed by atoms with Crippen molar-refractivity contribution in [1.82, 2.24) is 0 Å². The van der Waals surface area contributed by atoms with Gasteiger partial charge in [0.05, 0.1) is 12.5 Å². The number of aryl methyl sites for hydroxylation is 1. The number of aliphatic hydroxyl groups is 1. The minimum Gasteiger partial charge on any atom is -0.508 e. The Hall–Kier alpha value is -1.55. The zero-order valence-corrected chi connectivity index (χ0v) is 11.0. The van der Waals surface area contributed by atoms with Gasteiger partial charge in [0.25, 0.3) is 0 Å². The maximum atomic E-state index is 11.4. The van der Waals surface area contributed by atoms with Gasteiger partial charge in [0, 0.05) is 11.5 Å². The molecule has 18 heavy (non-hydrogen) atoms. The van der Waals surface area contributed by atoms with E-state index in [-0.39, 0.29) is 30.9 Å². The second kappa shape index (κ2) is 6.40. The van der Waals surface area contributed by atoms with Crippen molar-refractivity contribution in [1.29, 1.82) is 0 Å². The lowest BCUT2D eigenvalue weighted by molar-refractivity contribution is -0.148. The number of esters is 1. The lowest BCUT2D eigenvalue weighted by Crippen LogP contribution is -2.19. The van der Waals surface area contributed by atoms with Gasteiger partial charge >= 0.3 is 5.97 Å². The van der Waals surface area contributed by atoms with Crippen LogP contribution in [0.4, 0.5) is 0 Å². The van der Waals surface area contributed by atoms with Crippen molar-refractivity contribution in [3.63, 3.8) is 0 Å². The Morgan fingerprint density at radius 1 is 1.39 bits per heavy atom. The third kappa shape index (κ3) is 3.74. The highest BCUT2D eigenvalue weighted by Crippen LogP contribution is 2.27. The van der Waals surface area contributed by atoms with Crippen LogP contribution in [0.15, 0.2) is 18.2 Å². The first-order valence-electron chi connectivity index (χ1n) is 6.02. The van der Waals surface area contributed by atoms with Crippen LogP contribution in [0.2, 0.25) is 0 Å². The van der Waals surface area contributed by atoms with Crippen molar-refractivity contribution in [3.05, 3.63) is 29.3 Å². The average molecular weight is 252 g/mol. The van der Waals surface area contributed by atoms with E-state index in [1.165, 1.54) is 0 Å². The second-order valence-electron chi connectivity index (χ2n) is 4.73. The first-order valence-corrected chi connectivity index (χ1v) is 6.02. The summed E-state index contributed by atoms with van der Waals surface area (Å²) in [7, 11) is 0. The molecule has 100 valence electrons. The molecule has 4 nitrogen and oxygen atoms in total. The van der Waals surface area contributed by atoms with E-state index >= 15 is 0 Å². The third-order valence-electron chi connectivity index (χ3n) is 2.74. The summed E-state index contributed by atoms with van der Waals surface area (Å²) in [5.74, 6) is -0.779. The predicted molar refractivity (Wildman–Crippen MR) is 68.5 cm³/mol. The van der Waals surface area contributed by atoms with Gasteiger partial charge in [-0.3, -0.25) is 4.79 Å². The van der Waals surface area contributed by atoms with Gasteiger partial charge in [0.15, 0.2) is 0 Å². The van der Waals surface area contributed by atoms with Crippen molar-refractivity contribution < 1.29 is 19.7 Å². The molecular weight excluding hydrogens is 232 g/mol. The van der Waals surface area contributed by atoms with E-state index in [1.807, 2.05) is 13.0 Å². The lowest BCUT2D eigenvalue weighted by Gasteiger charge is -2.17. The molecule has 4 heteroatoms. The van der Waals surface area contributed by atoms with Crippen LogP contribution in [0.1, 0.15) is 30.9 Å². The third-order valence-corrected chi connectivity index (χ3v) is 2.74. The van der Waals surface area contributed by atoms with Gasteiger partial charge in [-0.05, 0) is 18.6 Å². The average Bonchev–Trinajstić information content (AvgIpc) is 2.31. The number of hydrogen-bond donors (Lipinski definition) is 2. The molecule has 0 amide bonds. The van der Waals surface area contributed by atoms with Gasteiger partial charge in [-0.25, -0.2) is 0 Å². The van der Waals surface area contributed by atoms with Gasteiger partial charge in [0.1, 0.15) is 12.4 Å². The van der Waals surface area contributed by atoms with Crippen molar-refractivity contribution in [2.75, 3.05) is 13.2 Å². The van der Waals surface area contributed by atoms with Crippen LogP contribution in [0.25, 0.3) is 0 Å². The monoisotopic (exact) mass is 252 g/mol. The van der Waals surface area contributed by atoms with Crippen LogP contribution in [-0.2, 0) is 9.53 Å². The van der Waals surface area contributed by atoms with E-state index in [0.29, 0.717) is 5.56 Å². The van der Waals surface area contributed by atoms with Gasteiger partial charge in [-0.1, -0.05) is 26.0 Å². The SMILES string of the molecule is Cc1ccc(C(CO)COC(=O)C(C)C)c(O)c1. The van der Waals surface area contributed by atoms with Gasteiger partial charge in [0.2, 0.25) is 0 Å². The highest BCUT2D eigenvalue weighted by molar-refractivity contribution is 5.71. The van der Waals surface area contributed by atoms with E-state index in [4.69, 9.17) is 4.74 Å². The molecule has 0 fully saturated rings. The summed E-state index contributed by atoms with van der Waals surface area (Å²) in [5, 5.41) is 19.1. The first kappa shape index (κ1) is 14.5. The van der Waals surface area contributed by atoms with Crippen molar-refractivity contribution in [2.24, 2.45) is 5.92 Å². The number of ether oxygens (including phenoxy) is 1. The Bertz CT molecular complexity index is 412. The first-order chi connectivity index (χ1) is 8.45. The molecule has 0 aliphatic heterocycles. The molecule has 0 heterocycles. The summed E-state index contributed by atoms with van der Waals surface area (Å²) in [6, 6.07) is 5.22. The molecule has 0 radical (unpaired) electrons. The summed E-state index contributed by atoms with van der Waals surface area (Å²) in [6.07, 6.45) is 0. The number of aliphatic hydroxyl groups excluding tert-OH is 1. The van der Waals surface area contributed by atoms with E-state index in [1.54, 1.807) is 26.0 Å². The number of benzene rings is 1. The normalized spacial score (nSPS) is 12.5. The highest BCUT2D eigenvalue weighted by Gasteiger charge is 2.18. The molecule has 1 atom stereocenters. The Labute approximate surface area is 107 Å². The fourth-order valence-electron chi connectivity index (χ4n) is 1.59. The van der Waals surface area contributed by atoms with E-state index < -0.39 is 5.92 Å². The minimum atomic E-state index is -0.395. The standard InChI is InChI=1S/C14H20O4/c1-9(2)14(17)18-8-11(7-15)12-5-4-10(3)6-13(12)16/h4-6,9,11,15-16H,7-8H2,1-3H3. The number of phenolic OH excluding ortho intramolecular Hbond substituents is 1. The minimum absolute atomic E-state index is 0.0735. The number of phenols is 1. The maximum Gasteiger partial charge on any atom is 0.308 e. The number of rotatable bonds is 5. The van der Waals surface area contributed by atoms with Crippen LogP contribution in [0.5, 0.6) is 5.75 Å². The summed E-state index contributed by atoms with van der Waals surface area (Å²) in [5.41, 5.74) is 1.53. The van der Waals surface area contributed by atoms with Crippen LogP contribution in [0.3, 0.4) is 0 Å². The van der Waals surface area contributed by atoms with E-state index in [0.717, 1.165) is 5.56 Å². The molecule has 1 aromatic carbocycles. The number of hydrogen-bond acceptors (Lipinski definition) is 4. The highest BCUT2D eigenvalue weighted by atomic mass is 16.5.